The second kappa shape index (κ2) is 6.99. The number of carbonyl (C=O) groups is 1. The number of azo groups is 1. The number of fused-ring (bicyclic) bond motifs is 1. The maximum atomic E-state index is 11.7. The average Bonchev–Trinajstić information content (AvgIpc) is 3.05. The first-order valence-electron chi connectivity index (χ1n) is 6.96. The molecule has 0 fully saturated rings. The number of rotatable bonds is 4. The van der Waals surface area contributed by atoms with Gasteiger partial charge in [-0.3, -0.25) is 10.4 Å². The van der Waals surface area contributed by atoms with Crippen LogP contribution in [0, 0.1) is 6.92 Å². The maximum Gasteiger partial charge on any atom is 0.412 e. The minimum absolute atomic E-state index is 0.0475. The number of halogens is 2. The van der Waals surface area contributed by atoms with Crippen molar-refractivity contribution in [2.24, 2.45) is 10.2 Å². The fraction of sp³-hybridized carbons (Fsp3) is 0.250. The quantitative estimate of drug-likeness (QED) is 0.523. The van der Waals surface area contributed by atoms with Crippen LogP contribution in [0.25, 0.3) is 5.65 Å². The summed E-state index contributed by atoms with van der Waals surface area (Å²) in [6.07, 6.45) is 0.520. The number of hydrogen-bond acceptors (Lipinski definition) is 8. The summed E-state index contributed by atoms with van der Waals surface area (Å²) in [5.41, 5.74) is 0.549. The summed E-state index contributed by atoms with van der Waals surface area (Å²) in [5.74, 6) is 0.775. The predicted octanol–water partition coefficient (Wildman–Crippen LogP) is 3.45. The Balaban J connectivity index is 2.01. The van der Waals surface area contributed by atoms with E-state index in [9.17, 15) is 4.79 Å². The SMILES string of the molecule is CCOC(=O)Nc1nn2[nH]c(C)nc2c1N=Nc1ncnc(Cl)c1Cl. The Kier molecular flexibility index (Phi) is 4.76. The van der Waals surface area contributed by atoms with Crippen molar-refractivity contribution >= 4 is 52.3 Å². The third kappa shape index (κ3) is 3.51. The molecule has 25 heavy (non-hydrogen) atoms. The number of aromatic amines is 1. The molecule has 0 atom stereocenters. The molecule has 0 saturated carbocycles. The number of ether oxygens (including phenoxy) is 1. The molecule has 130 valence electrons. The first-order chi connectivity index (χ1) is 12.0. The molecule has 0 bridgehead atoms. The Morgan fingerprint density at radius 2 is 2.20 bits per heavy atom. The lowest BCUT2D eigenvalue weighted by molar-refractivity contribution is 0.168. The van der Waals surface area contributed by atoms with E-state index in [0.717, 1.165) is 0 Å². The molecule has 0 spiro atoms. The van der Waals surface area contributed by atoms with Gasteiger partial charge in [-0.05, 0) is 13.8 Å². The molecule has 1 amide bonds. The van der Waals surface area contributed by atoms with E-state index in [1.54, 1.807) is 13.8 Å². The summed E-state index contributed by atoms with van der Waals surface area (Å²) >= 11 is 11.8. The van der Waals surface area contributed by atoms with Crippen LogP contribution in [0.3, 0.4) is 0 Å². The topological polar surface area (TPSA) is 135 Å². The number of anilines is 1. The van der Waals surface area contributed by atoms with E-state index in [1.165, 1.54) is 11.0 Å². The predicted molar refractivity (Wildman–Crippen MR) is 88.9 cm³/mol. The fourth-order valence-electron chi connectivity index (χ4n) is 1.86. The minimum Gasteiger partial charge on any atom is -0.450 e. The summed E-state index contributed by atoms with van der Waals surface area (Å²) in [7, 11) is 0. The molecule has 0 unspecified atom stereocenters. The van der Waals surface area contributed by atoms with Crippen LogP contribution in [-0.2, 0) is 4.74 Å². The van der Waals surface area contributed by atoms with Crippen molar-refractivity contribution in [3.8, 4) is 0 Å². The summed E-state index contributed by atoms with van der Waals surface area (Å²) in [6, 6.07) is 0. The highest BCUT2D eigenvalue weighted by atomic mass is 35.5. The third-order valence-electron chi connectivity index (χ3n) is 2.85. The highest BCUT2D eigenvalue weighted by Gasteiger charge is 2.19. The number of nitrogens with one attached hydrogen (secondary N) is 2. The average molecular weight is 384 g/mol. The van der Waals surface area contributed by atoms with Crippen LogP contribution in [0.4, 0.5) is 22.1 Å². The third-order valence-corrected chi connectivity index (χ3v) is 3.58. The zero-order valence-corrected chi connectivity index (χ0v) is 14.5. The Labute approximate surface area is 150 Å². The number of nitrogens with zero attached hydrogens (tertiary/aromatic N) is 7. The monoisotopic (exact) mass is 383 g/mol. The van der Waals surface area contributed by atoms with Gasteiger partial charge in [-0.1, -0.05) is 23.2 Å². The number of H-pyrrole nitrogens is 1. The van der Waals surface area contributed by atoms with E-state index >= 15 is 0 Å². The molecule has 0 saturated heterocycles. The van der Waals surface area contributed by atoms with Crippen molar-refractivity contribution < 1.29 is 9.53 Å². The molecular weight excluding hydrogens is 373 g/mol. The van der Waals surface area contributed by atoms with Gasteiger partial charge in [0.15, 0.2) is 22.5 Å². The first-order valence-corrected chi connectivity index (χ1v) is 7.72. The van der Waals surface area contributed by atoms with Crippen molar-refractivity contribution in [2.45, 2.75) is 13.8 Å². The molecule has 0 aliphatic carbocycles. The number of aromatic nitrogens is 6. The van der Waals surface area contributed by atoms with Crippen LogP contribution in [0.1, 0.15) is 12.7 Å². The Morgan fingerprint density at radius 1 is 1.40 bits per heavy atom. The zero-order valence-electron chi connectivity index (χ0n) is 13.0. The van der Waals surface area contributed by atoms with Crippen LogP contribution in [0.2, 0.25) is 10.2 Å². The summed E-state index contributed by atoms with van der Waals surface area (Å²) < 4.78 is 6.18. The van der Waals surface area contributed by atoms with Crippen molar-refractivity contribution in [1.29, 1.82) is 0 Å². The molecule has 3 aromatic heterocycles. The van der Waals surface area contributed by atoms with Crippen molar-refractivity contribution in [3.63, 3.8) is 0 Å². The summed E-state index contributed by atoms with van der Waals surface area (Å²) in [6.45, 7) is 3.64. The van der Waals surface area contributed by atoms with Crippen LogP contribution < -0.4 is 5.32 Å². The number of hydrogen-bond donors (Lipinski definition) is 2. The van der Waals surface area contributed by atoms with E-state index < -0.39 is 6.09 Å². The van der Waals surface area contributed by atoms with E-state index in [2.05, 4.69) is 40.7 Å². The van der Waals surface area contributed by atoms with E-state index in [-0.39, 0.29) is 34.1 Å². The molecule has 0 radical (unpaired) electrons. The Bertz CT molecular complexity index is 965. The van der Waals surface area contributed by atoms with Crippen LogP contribution in [0.15, 0.2) is 16.6 Å². The molecule has 13 heteroatoms. The molecular formula is C12H11Cl2N9O2. The normalized spacial score (nSPS) is 11.4. The first kappa shape index (κ1) is 17.0. The van der Waals surface area contributed by atoms with Gasteiger partial charge < -0.3 is 4.74 Å². The smallest absolute Gasteiger partial charge is 0.412 e. The number of amides is 1. The lowest BCUT2D eigenvalue weighted by Gasteiger charge is -2.02. The zero-order chi connectivity index (χ0) is 18.0. The van der Waals surface area contributed by atoms with Crippen LogP contribution >= 0.6 is 23.2 Å². The van der Waals surface area contributed by atoms with Gasteiger partial charge in [0.05, 0.1) is 6.61 Å². The molecule has 0 aliphatic rings. The number of carbonyl (C=O) groups excluding carboxylic acids is 1. The molecule has 2 N–H and O–H groups in total. The van der Waals surface area contributed by atoms with E-state index in [1.807, 2.05) is 0 Å². The summed E-state index contributed by atoms with van der Waals surface area (Å²) in [4.78, 5) is 23.5. The van der Waals surface area contributed by atoms with Crippen molar-refractivity contribution in [1.82, 2.24) is 29.8 Å². The molecule has 3 rings (SSSR count). The molecule has 3 aromatic rings. The molecule has 0 aliphatic heterocycles. The molecule has 11 nitrogen and oxygen atoms in total. The van der Waals surface area contributed by atoms with Gasteiger partial charge in [0, 0.05) is 0 Å². The second-order valence-corrected chi connectivity index (χ2v) is 5.33. The minimum atomic E-state index is -0.681. The van der Waals surface area contributed by atoms with Gasteiger partial charge in [-0.25, -0.2) is 19.7 Å². The fourth-order valence-corrected chi connectivity index (χ4v) is 2.13. The van der Waals surface area contributed by atoms with Gasteiger partial charge in [-0.15, -0.1) is 20.0 Å². The van der Waals surface area contributed by atoms with E-state index in [4.69, 9.17) is 27.9 Å². The lowest BCUT2D eigenvalue weighted by Crippen LogP contribution is -2.13. The number of aryl methyl sites for hydroxylation is 1. The lowest BCUT2D eigenvalue weighted by atomic mass is 10.5. The van der Waals surface area contributed by atoms with E-state index in [0.29, 0.717) is 11.5 Å². The van der Waals surface area contributed by atoms with Crippen molar-refractivity contribution in [3.05, 3.63) is 22.3 Å². The molecule has 3 heterocycles. The molecule has 0 aromatic carbocycles. The standard InChI is InChI=1S/C12H11Cl2N9O2/c1-3-25-12(24)18-10-7(11-17-5(2)21-23(11)22-10)19-20-9-6(13)8(14)15-4-16-9/h4H,3H2,1-2H3,(H,17,21)(H,18,22,24). The van der Waals surface area contributed by atoms with Crippen molar-refractivity contribution in [2.75, 3.05) is 11.9 Å². The summed E-state index contributed by atoms with van der Waals surface area (Å²) in [5, 5.41) is 17.6. The maximum absolute atomic E-state index is 11.7. The van der Waals surface area contributed by atoms with Gasteiger partial charge >= 0.3 is 6.09 Å². The van der Waals surface area contributed by atoms with Gasteiger partial charge in [0.25, 0.3) is 0 Å². The Morgan fingerprint density at radius 3 is 2.96 bits per heavy atom. The largest absolute Gasteiger partial charge is 0.450 e. The van der Waals surface area contributed by atoms with Gasteiger partial charge in [0.1, 0.15) is 17.2 Å². The second-order valence-electron chi connectivity index (χ2n) is 4.59. The highest BCUT2D eigenvalue weighted by molar-refractivity contribution is 6.42. The van der Waals surface area contributed by atoms with Gasteiger partial charge in [0.2, 0.25) is 5.65 Å². The van der Waals surface area contributed by atoms with Crippen LogP contribution in [-0.4, -0.2) is 42.5 Å². The highest BCUT2D eigenvalue weighted by Crippen LogP contribution is 2.33. The Hall–Kier alpha value is -2.79. The van der Waals surface area contributed by atoms with Gasteiger partial charge in [-0.2, -0.15) is 0 Å². The van der Waals surface area contributed by atoms with Crippen LogP contribution in [0.5, 0.6) is 0 Å².